The van der Waals surface area contributed by atoms with E-state index in [-0.39, 0.29) is 16.9 Å². The molecule has 170 valence electrons. The molecule has 33 heavy (non-hydrogen) atoms. The minimum Gasteiger partial charge on any atom is -0.480 e. The van der Waals surface area contributed by atoms with E-state index in [0.29, 0.717) is 26.6 Å². The van der Waals surface area contributed by atoms with Crippen molar-refractivity contribution < 1.29 is 28.3 Å². The molecule has 0 aliphatic carbocycles. The van der Waals surface area contributed by atoms with Crippen molar-refractivity contribution >= 4 is 56.2 Å². The molecule has 0 spiro atoms. The number of halogens is 3. The molecule has 0 aliphatic heterocycles. The number of fused-ring (bicyclic) bond motifs is 1. The van der Waals surface area contributed by atoms with Gasteiger partial charge in [0.2, 0.25) is 5.91 Å². The van der Waals surface area contributed by atoms with Gasteiger partial charge in [-0.25, -0.2) is 4.98 Å². The lowest BCUT2D eigenvalue weighted by Crippen LogP contribution is -2.44. The number of alkyl halides is 2. The van der Waals surface area contributed by atoms with Crippen molar-refractivity contribution in [2.45, 2.75) is 10.4 Å². The molecule has 9 nitrogen and oxygen atoms in total. The Balaban J connectivity index is 1.85. The van der Waals surface area contributed by atoms with Gasteiger partial charge in [-0.3, -0.25) is 19.0 Å². The number of nitrogens with one attached hydrogen (secondary N) is 2. The zero-order valence-electron chi connectivity index (χ0n) is 16.5. The second kappa shape index (κ2) is 9.97. The summed E-state index contributed by atoms with van der Waals surface area (Å²) < 4.78 is 30.9. The molecule has 0 aliphatic rings. The van der Waals surface area contributed by atoms with Crippen LogP contribution in [0.2, 0.25) is 0 Å². The molecule has 13 heteroatoms. The van der Waals surface area contributed by atoms with Crippen LogP contribution >= 0.6 is 27.7 Å². The largest absolute Gasteiger partial charge is 0.480 e. The normalized spacial score (nSPS) is 11.1. The number of thioether (sulfide) groups is 1. The molecular weight excluding hydrogens is 524 g/mol. The van der Waals surface area contributed by atoms with Crippen molar-refractivity contribution in [2.75, 3.05) is 13.1 Å². The average molecular weight is 538 g/mol. The van der Waals surface area contributed by atoms with E-state index in [1.807, 2.05) is 5.32 Å². The molecular formula is C20H14BrF2N5O4S. The van der Waals surface area contributed by atoms with E-state index in [1.165, 1.54) is 10.8 Å². The van der Waals surface area contributed by atoms with Crippen LogP contribution in [0.25, 0.3) is 16.5 Å². The Bertz CT molecular complexity index is 1290. The zero-order chi connectivity index (χ0) is 24.2. The summed E-state index contributed by atoms with van der Waals surface area (Å²) in [7, 11) is 0. The van der Waals surface area contributed by atoms with E-state index in [0.717, 1.165) is 0 Å². The van der Waals surface area contributed by atoms with E-state index < -0.39 is 36.1 Å². The molecule has 2 amide bonds. The number of carbonyl (C=O) groups excluding carboxylic acids is 2. The molecule has 0 atom stereocenters. The predicted octanol–water partition coefficient (Wildman–Crippen LogP) is 2.66. The van der Waals surface area contributed by atoms with E-state index in [9.17, 15) is 28.4 Å². The van der Waals surface area contributed by atoms with Gasteiger partial charge in [-0.05, 0) is 39.8 Å². The second-order valence-electron chi connectivity index (χ2n) is 6.46. The van der Waals surface area contributed by atoms with Crippen LogP contribution in [0.4, 0.5) is 8.78 Å². The number of carboxylic acids is 1. The molecule has 0 unspecified atom stereocenters. The van der Waals surface area contributed by atoms with Gasteiger partial charge in [-0.1, -0.05) is 24.3 Å². The Hall–Kier alpha value is -3.50. The quantitative estimate of drug-likeness (QED) is 0.375. The maximum Gasteiger partial charge on any atom is 0.377 e. The molecule has 1 heterocycles. The minimum atomic E-state index is -4.00. The number of nitriles is 1. The summed E-state index contributed by atoms with van der Waals surface area (Å²) in [4.78, 5) is 37.9. The van der Waals surface area contributed by atoms with Crippen molar-refractivity contribution in [1.29, 1.82) is 5.26 Å². The SMILES string of the molecule is N#Cc1ccc(-n2c(Br)cnc2SC(F)(F)C(=O)NCC(=O)NCC(=O)O)c2ccccc12. The van der Waals surface area contributed by atoms with Gasteiger partial charge >= 0.3 is 17.1 Å². The number of carboxylic acid groups (broad SMARTS) is 1. The first-order valence-corrected chi connectivity index (χ1v) is 10.7. The first-order chi connectivity index (χ1) is 15.6. The molecule has 0 saturated heterocycles. The number of carbonyl (C=O) groups is 3. The van der Waals surface area contributed by atoms with Gasteiger partial charge in [-0.15, -0.1) is 0 Å². The summed E-state index contributed by atoms with van der Waals surface area (Å²) in [5.41, 5.74) is 0.867. The van der Waals surface area contributed by atoms with Crippen LogP contribution in [0.1, 0.15) is 5.56 Å². The minimum absolute atomic E-state index is 0.130. The molecule has 0 radical (unpaired) electrons. The molecule has 3 N–H and O–H groups in total. The monoisotopic (exact) mass is 537 g/mol. The van der Waals surface area contributed by atoms with E-state index in [1.54, 1.807) is 41.7 Å². The van der Waals surface area contributed by atoms with Gasteiger partial charge in [0.15, 0.2) is 5.16 Å². The lowest BCUT2D eigenvalue weighted by Gasteiger charge is -2.17. The Morgan fingerprint density at radius 3 is 2.52 bits per heavy atom. The third-order valence-corrected chi connectivity index (χ3v) is 5.75. The Kier molecular flexibility index (Phi) is 7.29. The number of benzene rings is 2. The summed E-state index contributed by atoms with van der Waals surface area (Å²) in [6, 6.07) is 12.2. The van der Waals surface area contributed by atoms with Crippen LogP contribution in [0, 0.1) is 11.3 Å². The van der Waals surface area contributed by atoms with Gasteiger partial charge < -0.3 is 15.7 Å². The topological polar surface area (TPSA) is 137 Å². The number of hydrogen-bond acceptors (Lipinski definition) is 6. The maximum absolute atomic E-state index is 14.6. The van der Waals surface area contributed by atoms with Crippen molar-refractivity contribution in [3.8, 4) is 11.8 Å². The van der Waals surface area contributed by atoms with Gasteiger partial charge in [0.25, 0.3) is 0 Å². The van der Waals surface area contributed by atoms with Crippen LogP contribution in [0.15, 0.2) is 52.4 Å². The number of amides is 2. The summed E-state index contributed by atoms with van der Waals surface area (Å²) in [6.07, 6.45) is 1.29. The highest BCUT2D eigenvalue weighted by molar-refractivity contribution is 9.10. The molecule has 2 aromatic carbocycles. The lowest BCUT2D eigenvalue weighted by molar-refractivity contribution is -0.138. The molecule has 3 rings (SSSR count). The maximum atomic E-state index is 14.6. The fourth-order valence-corrected chi connectivity index (χ4v) is 4.21. The number of rotatable bonds is 8. The fraction of sp³-hybridized carbons (Fsp3) is 0.150. The number of nitrogens with zero attached hydrogens (tertiary/aromatic N) is 3. The van der Waals surface area contributed by atoms with Gasteiger partial charge in [0.1, 0.15) is 11.1 Å². The van der Waals surface area contributed by atoms with Crippen LogP contribution in [0.3, 0.4) is 0 Å². The predicted molar refractivity (Wildman–Crippen MR) is 118 cm³/mol. The summed E-state index contributed by atoms with van der Waals surface area (Å²) >= 11 is 3.14. The smallest absolute Gasteiger partial charge is 0.377 e. The summed E-state index contributed by atoms with van der Waals surface area (Å²) in [6.45, 7) is -1.52. The van der Waals surface area contributed by atoms with Crippen molar-refractivity contribution in [3.05, 3.63) is 52.8 Å². The lowest BCUT2D eigenvalue weighted by atomic mass is 10.0. The highest BCUT2D eigenvalue weighted by Crippen LogP contribution is 2.39. The summed E-state index contributed by atoms with van der Waals surface area (Å²) in [5, 5.41) is 18.6. The van der Waals surface area contributed by atoms with Gasteiger partial charge in [-0.2, -0.15) is 14.0 Å². The highest BCUT2D eigenvalue weighted by atomic mass is 79.9. The van der Waals surface area contributed by atoms with Gasteiger partial charge in [0.05, 0.1) is 30.1 Å². The number of aliphatic carboxylic acids is 1. The third kappa shape index (κ3) is 5.47. The van der Waals surface area contributed by atoms with Crippen molar-refractivity contribution in [3.63, 3.8) is 0 Å². The fourth-order valence-electron chi connectivity index (χ4n) is 2.84. The van der Waals surface area contributed by atoms with Crippen LogP contribution in [-0.4, -0.2) is 50.8 Å². The Morgan fingerprint density at radius 1 is 1.15 bits per heavy atom. The van der Waals surface area contributed by atoms with Crippen LogP contribution < -0.4 is 10.6 Å². The standard InChI is InChI=1S/C20H14BrF2N5O4S/c21-15-8-27-19(33-20(22,23)18(32)26-9-16(29)25-10-17(30)31)28(15)14-6-5-11(7-24)12-3-1-2-4-13(12)14/h1-6,8H,9-10H2,(H,25,29)(H,26,32)(H,30,31). The molecule has 0 saturated carbocycles. The molecule has 0 bridgehead atoms. The number of imidazole rings is 1. The first kappa shape index (κ1) is 24.1. The van der Waals surface area contributed by atoms with Crippen molar-refractivity contribution in [2.24, 2.45) is 0 Å². The Morgan fingerprint density at radius 2 is 1.85 bits per heavy atom. The van der Waals surface area contributed by atoms with E-state index in [2.05, 4.69) is 27.0 Å². The zero-order valence-corrected chi connectivity index (χ0v) is 18.9. The van der Waals surface area contributed by atoms with Crippen LogP contribution in [0.5, 0.6) is 0 Å². The molecule has 0 fully saturated rings. The van der Waals surface area contributed by atoms with Gasteiger partial charge in [0, 0.05) is 10.8 Å². The first-order valence-electron chi connectivity index (χ1n) is 9.13. The van der Waals surface area contributed by atoms with E-state index >= 15 is 0 Å². The average Bonchev–Trinajstić information content (AvgIpc) is 3.14. The molecule has 3 aromatic rings. The van der Waals surface area contributed by atoms with Crippen molar-refractivity contribution in [1.82, 2.24) is 20.2 Å². The number of aromatic nitrogens is 2. The van der Waals surface area contributed by atoms with Crippen LogP contribution in [-0.2, 0) is 14.4 Å². The highest BCUT2D eigenvalue weighted by Gasteiger charge is 2.42. The second-order valence-corrected chi connectivity index (χ2v) is 8.36. The Labute approximate surface area is 197 Å². The van der Waals surface area contributed by atoms with E-state index in [4.69, 9.17) is 5.11 Å². The molecule has 1 aromatic heterocycles. The third-order valence-electron chi connectivity index (χ3n) is 4.28. The number of hydrogen-bond donors (Lipinski definition) is 3. The summed E-state index contributed by atoms with van der Waals surface area (Å²) in [5.74, 6) is -3.99.